The van der Waals surface area contributed by atoms with Crippen LogP contribution in [0.2, 0.25) is 0 Å². The summed E-state index contributed by atoms with van der Waals surface area (Å²) >= 11 is 1.96. The van der Waals surface area contributed by atoms with Crippen LogP contribution in [0.4, 0.5) is 0 Å². The summed E-state index contributed by atoms with van der Waals surface area (Å²) in [5.41, 5.74) is 0.481. The van der Waals surface area contributed by atoms with Gasteiger partial charge in [-0.25, -0.2) is 0 Å². The third kappa shape index (κ3) is 4.29. The van der Waals surface area contributed by atoms with Crippen molar-refractivity contribution in [1.82, 2.24) is 10.2 Å². The number of hydrogen-bond acceptors (Lipinski definition) is 3. The Morgan fingerprint density at radius 2 is 1.83 bits per heavy atom. The van der Waals surface area contributed by atoms with Crippen molar-refractivity contribution in [2.45, 2.75) is 57.7 Å². The van der Waals surface area contributed by atoms with Crippen molar-refractivity contribution in [3.05, 3.63) is 0 Å². The number of nitrogens with one attached hydrogen (secondary N) is 1. The number of hydrogen-bond donors (Lipinski definition) is 1. The molecule has 0 aliphatic carbocycles. The molecule has 2 aliphatic heterocycles. The molecular formula is C17H34IN3OS. The molecule has 0 bridgehead atoms. The lowest BCUT2D eigenvalue weighted by molar-refractivity contribution is -0.0668. The number of guanidine groups is 1. The molecular weight excluding hydrogens is 421 g/mol. The Kier molecular flexibility index (Phi) is 7.54. The van der Waals surface area contributed by atoms with Crippen molar-refractivity contribution in [1.29, 1.82) is 0 Å². The fraction of sp³-hybridized carbons (Fsp3) is 0.941. The Labute approximate surface area is 163 Å². The fourth-order valence-corrected chi connectivity index (χ4v) is 3.95. The molecule has 2 heterocycles. The Morgan fingerprint density at radius 3 is 2.26 bits per heavy atom. The third-order valence-electron chi connectivity index (χ3n) is 5.83. The second-order valence-electron chi connectivity index (χ2n) is 7.70. The van der Waals surface area contributed by atoms with Gasteiger partial charge in [0.25, 0.3) is 0 Å². The molecule has 0 aromatic heterocycles. The van der Waals surface area contributed by atoms with Crippen LogP contribution in [0.25, 0.3) is 0 Å². The van der Waals surface area contributed by atoms with Gasteiger partial charge in [0.2, 0.25) is 0 Å². The lowest BCUT2D eigenvalue weighted by Gasteiger charge is -2.62. The van der Waals surface area contributed by atoms with E-state index in [0.717, 1.165) is 51.6 Å². The number of ether oxygens (including phenoxy) is 1. The summed E-state index contributed by atoms with van der Waals surface area (Å²) in [5.74, 6) is 1.08. The van der Waals surface area contributed by atoms with Crippen LogP contribution < -0.4 is 5.32 Å². The van der Waals surface area contributed by atoms with E-state index in [4.69, 9.17) is 9.73 Å². The van der Waals surface area contributed by atoms with E-state index in [1.165, 1.54) is 0 Å². The molecule has 6 heteroatoms. The average Bonchev–Trinajstić information content (AvgIpc) is 2.50. The lowest BCUT2D eigenvalue weighted by atomic mass is 9.65. The molecule has 136 valence electrons. The van der Waals surface area contributed by atoms with E-state index in [1.807, 2.05) is 11.8 Å². The van der Waals surface area contributed by atoms with Crippen LogP contribution in [0, 0.1) is 5.41 Å². The highest BCUT2D eigenvalue weighted by Gasteiger charge is 2.53. The van der Waals surface area contributed by atoms with Gasteiger partial charge in [-0.3, -0.25) is 4.99 Å². The second-order valence-corrected chi connectivity index (χ2v) is 8.97. The van der Waals surface area contributed by atoms with Gasteiger partial charge >= 0.3 is 0 Å². The summed E-state index contributed by atoms with van der Waals surface area (Å²) in [6.45, 7) is 16.1. The lowest BCUT2D eigenvalue weighted by Crippen LogP contribution is -2.72. The van der Waals surface area contributed by atoms with Crippen molar-refractivity contribution < 1.29 is 4.74 Å². The minimum atomic E-state index is 0. The first-order chi connectivity index (χ1) is 10.3. The monoisotopic (exact) mass is 455 g/mol. The minimum Gasteiger partial charge on any atom is -0.381 e. The highest BCUT2D eigenvalue weighted by Crippen LogP contribution is 2.46. The smallest absolute Gasteiger partial charge is 0.194 e. The summed E-state index contributed by atoms with van der Waals surface area (Å²) in [5, 5.41) is 3.49. The second kappa shape index (κ2) is 8.13. The minimum absolute atomic E-state index is 0. The molecule has 0 spiro atoms. The van der Waals surface area contributed by atoms with E-state index in [-0.39, 0.29) is 34.3 Å². The summed E-state index contributed by atoms with van der Waals surface area (Å²) < 4.78 is 5.79. The molecule has 2 aliphatic rings. The summed E-state index contributed by atoms with van der Waals surface area (Å²) in [4.78, 5) is 7.45. The summed E-state index contributed by atoms with van der Waals surface area (Å²) in [6.07, 6.45) is 4.42. The van der Waals surface area contributed by atoms with Gasteiger partial charge in [-0.2, -0.15) is 11.8 Å². The van der Waals surface area contributed by atoms with E-state index >= 15 is 0 Å². The molecule has 0 saturated carbocycles. The standard InChI is InChI=1S/C17H33N3OS.HI/c1-7-18-14(20-13-15(2,3)16(20,4)5)19-12-17(22-6)8-10-21-11-9-17;/h7-13H2,1-6H3,(H,18,19);1H. The number of rotatable bonds is 4. The molecule has 2 rings (SSSR count). The zero-order valence-corrected chi connectivity index (χ0v) is 18.7. The first-order valence-corrected chi connectivity index (χ1v) is 9.69. The van der Waals surface area contributed by atoms with E-state index in [9.17, 15) is 0 Å². The number of halogens is 1. The first kappa shape index (κ1) is 21.4. The molecule has 0 aromatic carbocycles. The van der Waals surface area contributed by atoms with Gasteiger partial charge < -0.3 is 15.0 Å². The highest BCUT2D eigenvalue weighted by atomic mass is 127. The topological polar surface area (TPSA) is 36.9 Å². The molecule has 0 aromatic rings. The normalized spacial score (nSPS) is 25.3. The van der Waals surface area contributed by atoms with Crippen LogP contribution >= 0.6 is 35.7 Å². The van der Waals surface area contributed by atoms with Crippen molar-refractivity contribution >= 4 is 41.7 Å². The molecule has 1 N–H and O–H groups in total. The van der Waals surface area contributed by atoms with Crippen molar-refractivity contribution in [2.75, 3.05) is 39.1 Å². The number of thioether (sulfide) groups is 1. The largest absolute Gasteiger partial charge is 0.381 e. The van der Waals surface area contributed by atoms with Crippen molar-refractivity contribution in [3.8, 4) is 0 Å². The SMILES string of the molecule is CCNC(=NCC1(SC)CCOCC1)N1CC(C)(C)C1(C)C.I. The maximum Gasteiger partial charge on any atom is 0.194 e. The van der Waals surface area contributed by atoms with Crippen LogP contribution in [0.3, 0.4) is 0 Å². The molecule has 0 amide bonds. The van der Waals surface area contributed by atoms with Gasteiger partial charge in [0.15, 0.2) is 5.96 Å². The van der Waals surface area contributed by atoms with Gasteiger partial charge in [-0.15, -0.1) is 24.0 Å². The highest BCUT2D eigenvalue weighted by molar-refractivity contribution is 14.0. The number of aliphatic imine (C=N–C) groups is 1. The van der Waals surface area contributed by atoms with Gasteiger partial charge in [0.05, 0.1) is 6.54 Å². The zero-order valence-electron chi connectivity index (χ0n) is 15.6. The van der Waals surface area contributed by atoms with E-state index < -0.39 is 0 Å². The van der Waals surface area contributed by atoms with Crippen molar-refractivity contribution in [3.63, 3.8) is 0 Å². The third-order valence-corrected chi connectivity index (χ3v) is 7.23. The van der Waals surface area contributed by atoms with Crippen LogP contribution in [-0.2, 0) is 4.74 Å². The molecule has 0 radical (unpaired) electrons. The van der Waals surface area contributed by atoms with E-state index in [2.05, 4.69) is 51.1 Å². The van der Waals surface area contributed by atoms with Crippen LogP contribution in [-0.4, -0.2) is 60.2 Å². The predicted molar refractivity (Wildman–Crippen MR) is 112 cm³/mol. The van der Waals surface area contributed by atoms with Gasteiger partial charge in [-0.1, -0.05) is 13.8 Å². The molecule has 23 heavy (non-hydrogen) atoms. The van der Waals surface area contributed by atoms with E-state index in [1.54, 1.807) is 0 Å². The van der Waals surface area contributed by atoms with Gasteiger partial charge in [0.1, 0.15) is 0 Å². The number of likely N-dealkylation sites (tertiary alicyclic amines) is 1. The Balaban J connectivity index is 0.00000264. The molecule has 0 unspecified atom stereocenters. The maximum absolute atomic E-state index is 5.53. The fourth-order valence-electron chi connectivity index (χ4n) is 3.18. The van der Waals surface area contributed by atoms with Gasteiger partial charge in [-0.05, 0) is 39.9 Å². The Hall–Kier alpha value is 0.310. The van der Waals surface area contributed by atoms with Crippen LogP contribution in [0.5, 0.6) is 0 Å². The molecule has 2 fully saturated rings. The van der Waals surface area contributed by atoms with Gasteiger partial charge in [0, 0.05) is 42.0 Å². The molecule has 4 nitrogen and oxygen atoms in total. The zero-order chi connectivity index (χ0) is 16.4. The predicted octanol–water partition coefficient (Wildman–Crippen LogP) is 3.60. The van der Waals surface area contributed by atoms with Crippen LogP contribution in [0.15, 0.2) is 4.99 Å². The maximum atomic E-state index is 5.53. The summed E-state index contributed by atoms with van der Waals surface area (Å²) in [7, 11) is 0. The molecule has 0 atom stereocenters. The quantitative estimate of drug-likeness (QED) is 0.399. The Bertz CT molecular complexity index is 420. The van der Waals surface area contributed by atoms with E-state index in [0.29, 0.717) is 5.41 Å². The summed E-state index contributed by atoms with van der Waals surface area (Å²) in [6, 6.07) is 0. The molecule has 2 saturated heterocycles. The average molecular weight is 455 g/mol. The first-order valence-electron chi connectivity index (χ1n) is 8.47. The van der Waals surface area contributed by atoms with Crippen molar-refractivity contribution in [2.24, 2.45) is 10.4 Å². The van der Waals surface area contributed by atoms with Crippen LogP contribution in [0.1, 0.15) is 47.5 Å². The number of nitrogens with zero attached hydrogens (tertiary/aromatic N) is 2. The Morgan fingerprint density at radius 1 is 1.22 bits per heavy atom.